The van der Waals surface area contributed by atoms with Crippen LogP contribution < -0.4 is 11.1 Å². The number of carbonyl (C=O) groups excluding carboxylic acids is 2. The van der Waals surface area contributed by atoms with Crippen LogP contribution >= 0.6 is 0 Å². The topological polar surface area (TPSA) is 90.6 Å². The summed E-state index contributed by atoms with van der Waals surface area (Å²) < 4.78 is 9.77. The van der Waals surface area contributed by atoms with Crippen molar-refractivity contribution >= 4 is 12.1 Å². The predicted molar refractivity (Wildman–Crippen MR) is 61.3 cm³/mol. The number of alkyl carbamates (subject to hydrolysis) is 1. The van der Waals surface area contributed by atoms with Crippen LogP contribution in [0.4, 0.5) is 4.79 Å². The number of carbonyl (C=O) groups is 2. The predicted octanol–water partition coefficient (Wildman–Crippen LogP) is 0.544. The van der Waals surface area contributed by atoms with Gasteiger partial charge in [0.05, 0.1) is 7.11 Å². The summed E-state index contributed by atoms with van der Waals surface area (Å²) in [5, 5.41) is 2.55. The summed E-state index contributed by atoms with van der Waals surface area (Å²) in [4.78, 5) is 23.2. The molecule has 0 unspecified atom stereocenters. The number of nitrogens with two attached hydrogens (primary N) is 1. The van der Waals surface area contributed by atoms with Crippen LogP contribution in [0.2, 0.25) is 0 Å². The number of amides is 1. The lowest BCUT2D eigenvalue weighted by Gasteiger charge is -2.43. The van der Waals surface area contributed by atoms with Crippen LogP contribution in [0.3, 0.4) is 0 Å². The molecule has 98 valence electrons. The van der Waals surface area contributed by atoms with Crippen LogP contribution in [-0.4, -0.2) is 36.4 Å². The molecule has 0 atom stereocenters. The summed E-state index contributed by atoms with van der Waals surface area (Å²) >= 11 is 0. The van der Waals surface area contributed by atoms with Crippen molar-refractivity contribution in [3.05, 3.63) is 0 Å². The fourth-order valence-electron chi connectivity index (χ4n) is 1.85. The molecule has 0 heterocycles. The minimum absolute atomic E-state index is 0.0935. The smallest absolute Gasteiger partial charge is 0.408 e. The van der Waals surface area contributed by atoms with Crippen LogP contribution in [0, 0.1) is 0 Å². The minimum atomic E-state index is -1.02. The fraction of sp³-hybridized carbons (Fsp3) is 0.818. The van der Waals surface area contributed by atoms with E-state index < -0.39 is 23.2 Å². The van der Waals surface area contributed by atoms with Crippen LogP contribution in [-0.2, 0) is 14.3 Å². The number of ether oxygens (including phenoxy) is 2. The van der Waals surface area contributed by atoms with Crippen molar-refractivity contribution in [1.29, 1.82) is 0 Å². The molecular formula is C11H20N2O4. The van der Waals surface area contributed by atoms with Gasteiger partial charge in [0.15, 0.2) is 0 Å². The zero-order valence-electron chi connectivity index (χ0n) is 10.7. The number of methoxy groups -OCH3 is 1. The average molecular weight is 244 g/mol. The molecule has 6 nitrogen and oxygen atoms in total. The van der Waals surface area contributed by atoms with Gasteiger partial charge in [-0.3, -0.25) is 0 Å². The Morgan fingerprint density at radius 3 is 2.24 bits per heavy atom. The number of esters is 1. The van der Waals surface area contributed by atoms with E-state index in [4.69, 9.17) is 10.5 Å². The molecule has 0 radical (unpaired) electrons. The van der Waals surface area contributed by atoms with E-state index in [9.17, 15) is 9.59 Å². The molecule has 6 heteroatoms. The SMILES string of the molecule is COC(=O)C1(NC(=O)OC(C)(C)C)CC(N)C1. The summed E-state index contributed by atoms with van der Waals surface area (Å²) in [6, 6.07) is -0.0935. The van der Waals surface area contributed by atoms with E-state index in [2.05, 4.69) is 10.1 Å². The van der Waals surface area contributed by atoms with Crippen LogP contribution in [0.1, 0.15) is 33.6 Å². The van der Waals surface area contributed by atoms with E-state index in [0.29, 0.717) is 12.8 Å². The Kier molecular flexibility index (Phi) is 3.66. The minimum Gasteiger partial charge on any atom is -0.467 e. The molecule has 0 bridgehead atoms. The molecule has 1 rings (SSSR count). The van der Waals surface area contributed by atoms with E-state index >= 15 is 0 Å². The summed E-state index contributed by atoms with van der Waals surface area (Å²) in [5.41, 5.74) is 4.03. The maximum absolute atomic E-state index is 11.6. The first-order chi connectivity index (χ1) is 7.68. The molecular weight excluding hydrogens is 224 g/mol. The van der Waals surface area contributed by atoms with Gasteiger partial charge in [0.1, 0.15) is 11.1 Å². The largest absolute Gasteiger partial charge is 0.467 e. The lowest BCUT2D eigenvalue weighted by molar-refractivity contribution is -0.153. The van der Waals surface area contributed by atoms with Crippen molar-refractivity contribution in [3.63, 3.8) is 0 Å². The molecule has 0 aromatic rings. The third-order valence-corrected chi connectivity index (χ3v) is 2.54. The van der Waals surface area contributed by atoms with E-state index in [0.717, 1.165) is 0 Å². The number of rotatable bonds is 2. The maximum Gasteiger partial charge on any atom is 0.408 e. The summed E-state index contributed by atoms with van der Waals surface area (Å²) in [7, 11) is 1.28. The quantitative estimate of drug-likeness (QED) is 0.692. The standard InChI is InChI=1S/C11H20N2O4/c1-10(2,3)17-9(15)13-11(8(14)16-4)5-7(12)6-11/h7H,5-6,12H2,1-4H3,(H,13,15). The van der Waals surface area contributed by atoms with Gasteiger partial charge in [0, 0.05) is 6.04 Å². The first kappa shape index (κ1) is 13.8. The second-order valence-electron chi connectivity index (χ2n) is 5.37. The molecule has 0 aliphatic heterocycles. The van der Waals surface area contributed by atoms with E-state index in [-0.39, 0.29) is 6.04 Å². The highest BCUT2D eigenvalue weighted by Crippen LogP contribution is 2.32. The van der Waals surface area contributed by atoms with Crippen molar-refractivity contribution in [2.45, 2.75) is 50.8 Å². The molecule has 0 spiro atoms. The Morgan fingerprint density at radius 1 is 1.35 bits per heavy atom. The second-order valence-corrected chi connectivity index (χ2v) is 5.37. The molecule has 0 aromatic carbocycles. The van der Waals surface area contributed by atoms with Crippen molar-refractivity contribution in [3.8, 4) is 0 Å². The molecule has 0 aromatic heterocycles. The zero-order chi connectivity index (χ0) is 13.3. The highest BCUT2D eigenvalue weighted by molar-refractivity contribution is 5.87. The van der Waals surface area contributed by atoms with E-state index in [1.807, 2.05) is 0 Å². The monoisotopic (exact) mass is 244 g/mol. The highest BCUT2D eigenvalue weighted by atomic mass is 16.6. The van der Waals surface area contributed by atoms with Gasteiger partial charge in [-0.1, -0.05) is 0 Å². The van der Waals surface area contributed by atoms with Crippen molar-refractivity contribution in [2.24, 2.45) is 5.73 Å². The van der Waals surface area contributed by atoms with E-state index in [1.165, 1.54) is 7.11 Å². The number of hydrogen-bond acceptors (Lipinski definition) is 5. The molecule has 17 heavy (non-hydrogen) atoms. The van der Waals surface area contributed by atoms with Gasteiger partial charge in [-0.15, -0.1) is 0 Å². The Balaban J connectivity index is 2.63. The number of nitrogens with one attached hydrogen (secondary N) is 1. The summed E-state index contributed by atoms with van der Waals surface area (Å²) in [6.45, 7) is 5.26. The molecule has 1 fully saturated rings. The summed E-state index contributed by atoms with van der Waals surface area (Å²) in [6.07, 6.45) is 0.118. The molecule has 1 saturated carbocycles. The van der Waals surface area contributed by atoms with Crippen LogP contribution in [0.15, 0.2) is 0 Å². The summed E-state index contributed by atoms with van der Waals surface area (Å²) in [5.74, 6) is -0.481. The number of hydrogen-bond donors (Lipinski definition) is 2. The Labute approximate surface area is 101 Å². The van der Waals surface area contributed by atoms with Crippen molar-refractivity contribution < 1.29 is 19.1 Å². The van der Waals surface area contributed by atoms with Crippen LogP contribution in [0.25, 0.3) is 0 Å². The maximum atomic E-state index is 11.6. The molecule has 0 saturated heterocycles. The fourth-order valence-corrected chi connectivity index (χ4v) is 1.85. The van der Waals surface area contributed by atoms with Gasteiger partial charge in [-0.25, -0.2) is 9.59 Å². The lowest BCUT2D eigenvalue weighted by atomic mass is 9.73. The first-order valence-corrected chi connectivity index (χ1v) is 5.54. The van der Waals surface area contributed by atoms with Gasteiger partial charge in [0.25, 0.3) is 0 Å². The van der Waals surface area contributed by atoms with Crippen LogP contribution in [0.5, 0.6) is 0 Å². The second kappa shape index (κ2) is 4.52. The molecule has 3 N–H and O–H groups in total. The molecule has 1 amide bonds. The normalized spacial score (nSPS) is 27.9. The van der Waals surface area contributed by atoms with Crippen molar-refractivity contribution in [1.82, 2.24) is 5.32 Å². The Morgan fingerprint density at radius 2 is 1.88 bits per heavy atom. The van der Waals surface area contributed by atoms with Crippen molar-refractivity contribution in [2.75, 3.05) is 7.11 Å². The van der Waals surface area contributed by atoms with E-state index in [1.54, 1.807) is 20.8 Å². The average Bonchev–Trinajstić information content (AvgIpc) is 2.10. The lowest BCUT2D eigenvalue weighted by Crippen LogP contribution is -2.67. The van der Waals surface area contributed by atoms with Gasteiger partial charge >= 0.3 is 12.1 Å². The third kappa shape index (κ3) is 3.33. The zero-order valence-corrected chi connectivity index (χ0v) is 10.7. The van der Waals surface area contributed by atoms with Gasteiger partial charge in [0.2, 0.25) is 0 Å². The highest BCUT2D eigenvalue weighted by Gasteiger charge is 2.51. The third-order valence-electron chi connectivity index (χ3n) is 2.54. The van der Waals surface area contributed by atoms with Gasteiger partial charge in [-0.05, 0) is 33.6 Å². The van der Waals surface area contributed by atoms with Gasteiger partial charge < -0.3 is 20.5 Å². The molecule has 1 aliphatic carbocycles. The van der Waals surface area contributed by atoms with Gasteiger partial charge in [-0.2, -0.15) is 0 Å². The Hall–Kier alpha value is -1.30. The first-order valence-electron chi connectivity index (χ1n) is 5.54. The Bertz CT molecular complexity index is 316. The molecule has 1 aliphatic rings.